The van der Waals surface area contributed by atoms with Gasteiger partial charge in [0.05, 0.1) is 18.2 Å². The quantitative estimate of drug-likeness (QED) is 0.928. The zero-order valence-corrected chi connectivity index (χ0v) is 10.9. The molecular formula is C15H11F3O3. The van der Waals surface area contributed by atoms with Crippen molar-refractivity contribution in [2.45, 2.75) is 6.18 Å². The van der Waals surface area contributed by atoms with Crippen LogP contribution in [0.3, 0.4) is 0 Å². The Hall–Kier alpha value is -2.50. The molecule has 21 heavy (non-hydrogen) atoms. The highest BCUT2D eigenvalue weighted by Crippen LogP contribution is 2.41. The van der Waals surface area contributed by atoms with Crippen molar-refractivity contribution in [3.05, 3.63) is 53.6 Å². The number of ether oxygens (including phenoxy) is 1. The number of hydrogen-bond acceptors (Lipinski definition) is 2. The summed E-state index contributed by atoms with van der Waals surface area (Å²) in [6.45, 7) is 0. The number of halogens is 3. The summed E-state index contributed by atoms with van der Waals surface area (Å²) in [4.78, 5) is 11.3. The predicted molar refractivity (Wildman–Crippen MR) is 70.4 cm³/mol. The molecule has 0 amide bonds. The fraction of sp³-hybridized carbons (Fsp3) is 0.133. The van der Waals surface area contributed by atoms with Crippen LogP contribution in [0.4, 0.5) is 13.2 Å². The largest absolute Gasteiger partial charge is 0.496 e. The lowest BCUT2D eigenvalue weighted by Crippen LogP contribution is -2.09. The number of methoxy groups -OCH3 is 1. The number of aromatic carboxylic acids is 1. The van der Waals surface area contributed by atoms with Gasteiger partial charge in [-0.1, -0.05) is 24.3 Å². The van der Waals surface area contributed by atoms with Crippen LogP contribution in [0.5, 0.6) is 5.75 Å². The number of carbonyl (C=O) groups is 1. The highest BCUT2D eigenvalue weighted by molar-refractivity contribution is 5.98. The zero-order valence-electron chi connectivity index (χ0n) is 10.9. The van der Waals surface area contributed by atoms with Crippen LogP contribution < -0.4 is 4.74 Å². The standard InChI is InChI=1S/C15H11F3O3/c1-21-12-8-4-6-10(14(19)20)13(12)9-5-2-3-7-11(9)15(16,17)18/h2-8H,1H3,(H,19,20). The third kappa shape index (κ3) is 2.84. The van der Waals surface area contributed by atoms with Gasteiger partial charge in [0.1, 0.15) is 5.75 Å². The molecule has 0 saturated carbocycles. The summed E-state index contributed by atoms with van der Waals surface area (Å²) in [6.07, 6.45) is -4.59. The maximum atomic E-state index is 13.1. The van der Waals surface area contributed by atoms with Gasteiger partial charge < -0.3 is 9.84 Å². The van der Waals surface area contributed by atoms with E-state index in [0.29, 0.717) is 0 Å². The Kier molecular flexibility index (Phi) is 3.88. The van der Waals surface area contributed by atoms with Crippen LogP contribution in [0.25, 0.3) is 11.1 Å². The van der Waals surface area contributed by atoms with E-state index in [2.05, 4.69) is 0 Å². The van der Waals surface area contributed by atoms with Crippen LogP contribution in [-0.2, 0) is 6.18 Å². The van der Waals surface area contributed by atoms with Gasteiger partial charge in [-0.05, 0) is 23.8 Å². The first kappa shape index (κ1) is 14.9. The molecule has 110 valence electrons. The number of rotatable bonds is 3. The van der Waals surface area contributed by atoms with Gasteiger partial charge in [-0.3, -0.25) is 0 Å². The van der Waals surface area contributed by atoms with E-state index in [-0.39, 0.29) is 22.4 Å². The molecule has 0 radical (unpaired) electrons. The van der Waals surface area contributed by atoms with E-state index < -0.39 is 17.7 Å². The third-order valence-corrected chi connectivity index (χ3v) is 2.98. The molecule has 1 N–H and O–H groups in total. The number of hydrogen-bond donors (Lipinski definition) is 1. The van der Waals surface area contributed by atoms with Gasteiger partial charge >= 0.3 is 12.1 Å². The monoisotopic (exact) mass is 296 g/mol. The van der Waals surface area contributed by atoms with Gasteiger partial charge in [0.15, 0.2) is 0 Å². The maximum Gasteiger partial charge on any atom is 0.417 e. The van der Waals surface area contributed by atoms with Crippen molar-refractivity contribution in [3.63, 3.8) is 0 Å². The Bertz CT molecular complexity index is 678. The van der Waals surface area contributed by atoms with E-state index in [1.165, 1.54) is 43.5 Å². The van der Waals surface area contributed by atoms with Gasteiger partial charge in [-0.15, -0.1) is 0 Å². The summed E-state index contributed by atoms with van der Waals surface area (Å²) in [6, 6.07) is 8.90. The Morgan fingerprint density at radius 3 is 2.33 bits per heavy atom. The molecule has 0 aliphatic carbocycles. The normalized spacial score (nSPS) is 11.2. The molecule has 0 heterocycles. The SMILES string of the molecule is COc1cccc(C(=O)O)c1-c1ccccc1C(F)(F)F. The lowest BCUT2D eigenvalue weighted by Gasteiger charge is -2.17. The molecule has 2 aromatic carbocycles. The second kappa shape index (κ2) is 5.47. The molecule has 0 saturated heterocycles. The van der Waals surface area contributed by atoms with E-state index in [1.807, 2.05) is 0 Å². The number of benzene rings is 2. The van der Waals surface area contributed by atoms with Gasteiger partial charge in [0.25, 0.3) is 0 Å². The van der Waals surface area contributed by atoms with Crippen LogP contribution in [0.2, 0.25) is 0 Å². The number of carboxylic acid groups (broad SMARTS) is 1. The lowest BCUT2D eigenvalue weighted by molar-refractivity contribution is -0.137. The van der Waals surface area contributed by atoms with E-state index in [4.69, 9.17) is 4.74 Å². The summed E-state index contributed by atoms with van der Waals surface area (Å²) < 4.78 is 44.4. The Morgan fingerprint density at radius 1 is 1.10 bits per heavy atom. The molecule has 2 aromatic rings. The van der Waals surface area contributed by atoms with Crippen LogP contribution in [-0.4, -0.2) is 18.2 Å². The van der Waals surface area contributed by atoms with Crippen LogP contribution >= 0.6 is 0 Å². The average Bonchev–Trinajstić information content (AvgIpc) is 2.45. The zero-order chi connectivity index (χ0) is 15.6. The molecule has 0 fully saturated rings. The first-order chi connectivity index (χ1) is 9.86. The van der Waals surface area contributed by atoms with Crippen molar-refractivity contribution < 1.29 is 27.8 Å². The molecule has 0 aromatic heterocycles. The molecule has 0 unspecified atom stereocenters. The fourth-order valence-corrected chi connectivity index (χ4v) is 2.11. The van der Waals surface area contributed by atoms with Gasteiger partial charge in [-0.25, -0.2) is 4.79 Å². The minimum absolute atomic E-state index is 0.0756. The highest BCUT2D eigenvalue weighted by Gasteiger charge is 2.35. The Balaban J connectivity index is 2.82. The van der Waals surface area contributed by atoms with Crippen molar-refractivity contribution in [1.29, 1.82) is 0 Å². The summed E-state index contributed by atoms with van der Waals surface area (Å²) in [5.41, 5.74) is -1.46. The summed E-state index contributed by atoms with van der Waals surface area (Å²) in [5, 5.41) is 9.20. The Morgan fingerprint density at radius 2 is 1.76 bits per heavy atom. The molecule has 6 heteroatoms. The van der Waals surface area contributed by atoms with Crippen molar-refractivity contribution in [3.8, 4) is 16.9 Å². The lowest BCUT2D eigenvalue weighted by atomic mass is 9.94. The molecular weight excluding hydrogens is 285 g/mol. The minimum Gasteiger partial charge on any atom is -0.496 e. The fourth-order valence-electron chi connectivity index (χ4n) is 2.11. The molecule has 0 aliphatic rings. The summed E-state index contributed by atoms with van der Waals surface area (Å²) in [5.74, 6) is -1.24. The van der Waals surface area contributed by atoms with E-state index >= 15 is 0 Å². The Labute approximate surface area is 118 Å². The van der Waals surface area contributed by atoms with Crippen molar-refractivity contribution >= 4 is 5.97 Å². The molecule has 0 bridgehead atoms. The number of alkyl halides is 3. The summed E-state index contributed by atoms with van der Waals surface area (Å²) >= 11 is 0. The maximum absolute atomic E-state index is 13.1. The van der Waals surface area contributed by atoms with Crippen LogP contribution in [0, 0.1) is 0 Å². The second-order valence-electron chi connectivity index (χ2n) is 4.23. The molecule has 2 rings (SSSR count). The van der Waals surface area contributed by atoms with Gasteiger partial charge in [0.2, 0.25) is 0 Å². The van der Waals surface area contributed by atoms with E-state index in [1.54, 1.807) is 0 Å². The minimum atomic E-state index is -4.59. The highest BCUT2D eigenvalue weighted by atomic mass is 19.4. The average molecular weight is 296 g/mol. The van der Waals surface area contributed by atoms with E-state index in [9.17, 15) is 23.1 Å². The van der Waals surface area contributed by atoms with Crippen molar-refractivity contribution in [2.75, 3.05) is 7.11 Å². The van der Waals surface area contributed by atoms with Crippen molar-refractivity contribution in [2.24, 2.45) is 0 Å². The van der Waals surface area contributed by atoms with Gasteiger partial charge in [0, 0.05) is 5.56 Å². The predicted octanol–water partition coefficient (Wildman–Crippen LogP) is 4.08. The molecule has 0 spiro atoms. The topological polar surface area (TPSA) is 46.5 Å². The molecule has 0 aliphatic heterocycles. The van der Waals surface area contributed by atoms with E-state index in [0.717, 1.165) is 6.07 Å². The first-order valence-electron chi connectivity index (χ1n) is 5.93. The molecule has 0 atom stereocenters. The first-order valence-corrected chi connectivity index (χ1v) is 5.93. The second-order valence-corrected chi connectivity index (χ2v) is 4.23. The van der Waals surface area contributed by atoms with Crippen LogP contribution in [0.1, 0.15) is 15.9 Å². The third-order valence-electron chi connectivity index (χ3n) is 2.98. The number of carboxylic acids is 1. The van der Waals surface area contributed by atoms with Crippen molar-refractivity contribution in [1.82, 2.24) is 0 Å². The van der Waals surface area contributed by atoms with Gasteiger partial charge in [-0.2, -0.15) is 13.2 Å². The van der Waals surface area contributed by atoms with Crippen LogP contribution in [0.15, 0.2) is 42.5 Å². The molecule has 3 nitrogen and oxygen atoms in total. The smallest absolute Gasteiger partial charge is 0.417 e. The summed E-state index contributed by atoms with van der Waals surface area (Å²) in [7, 11) is 1.28.